The first kappa shape index (κ1) is 17.4. The van der Waals surface area contributed by atoms with Crippen LogP contribution in [0.15, 0.2) is 40.4 Å². The molecule has 1 aromatic heterocycles. The highest BCUT2D eigenvalue weighted by molar-refractivity contribution is 7.99. The smallest absolute Gasteiger partial charge is 0.224 e. The van der Waals surface area contributed by atoms with Crippen LogP contribution in [0.3, 0.4) is 0 Å². The van der Waals surface area contributed by atoms with Crippen molar-refractivity contribution in [1.29, 1.82) is 0 Å². The molecular formula is C17H22N4OS. The normalized spacial score (nSPS) is 12.0. The Labute approximate surface area is 141 Å². The van der Waals surface area contributed by atoms with Crippen molar-refractivity contribution < 1.29 is 4.79 Å². The molecule has 1 unspecified atom stereocenters. The van der Waals surface area contributed by atoms with Gasteiger partial charge in [-0.05, 0) is 69.3 Å². The van der Waals surface area contributed by atoms with Gasteiger partial charge in [-0.15, -0.1) is 0 Å². The van der Waals surface area contributed by atoms with Crippen molar-refractivity contribution in [3.63, 3.8) is 0 Å². The Kier molecular flexibility index (Phi) is 6.12. The molecule has 2 rings (SSSR count). The second kappa shape index (κ2) is 8.08. The number of benzene rings is 1. The maximum Gasteiger partial charge on any atom is 0.224 e. The highest BCUT2D eigenvalue weighted by atomic mass is 32.2. The predicted molar refractivity (Wildman–Crippen MR) is 93.6 cm³/mol. The Morgan fingerprint density at radius 2 is 1.83 bits per heavy atom. The van der Waals surface area contributed by atoms with Crippen LogP contribution in [-0.4, -0.2) is 21.9 Å². The lowest BCUT2D eigenvalue weighted by Gasteiger charge is -2.08. The summed E-state index contributed by atoms with van der Waals surface area (Å²) in [5.74, 6) is -0.0136. The monoisotopic (exact) mass is 330 g/mol. The van der Waals surface area contributed by atoms with Crippen LogP contribution in [0.5, 0.6) is 0 Å². The molecule has 1 atom stereocenters. The molecule has 0 aliphatic carbocycles. The summed E-state index contributed by atoms with van der Waals surface area (Å²) in [7, 11) is 0. The number of carbonyl (C=O) groups is 1. The minimum absolute atomic E-state index is 0.0136. The predicted octanol–water partition coefficient (Wildman–Crippen LogP) is 3.31. The highest BCUT2D eigenvalue weighted by Crippen LogP contribution is 2.26. The largest absolute Gasteiger partial charge is 0.328 e. The molecule has 0 radical (unpaired) electrons. The first-order chi connectivity index (χ1) is 10.9. The summed E-state index contributed by atoms with van der Waals surface area (Å²) in [6.07, 6.45) is 1.12. The molecule has 3 N–H and O–H groups in total. The van der Waals surface area contributed by atoms with E-state index in [0.717, 1.165) is 27.1 Å². The summed E-state index contributed by atoms with van der Waals surface area (Å²) in [6.45, 7) is 5.81. The third-order valence-corrected chi connectivity index (χ3v) is 4.01. The molecule has 0 spiro atoms. The van der Waals surface area contributed by atoms with E-state index in [-0.39, 0.29) is 11.9 Å². The molecule has 1 heterocycles. The first-order valence-electron chi connectivity index (χ1n) is 7.58. The lowest BCUT2D eigenvalue weighted by atomic mass is 10.2. The maximum absolute atomic E-state index is 11.8. The summed E-state index contributed by atoms with van der Waals surface area (Å²) in [5.41, 5.74) is 8.35. The van der Waals surface area contributed by atoms with E-state index in [1.54, 1.807) is 0 Å². The molecule has 1 amide bonds. The zero-order valence-corrected chi connectivity index (χ0v) is 14.5. The number of rotatable bonds is 6. The van der Waals surface area contributed by atoms with E-state index >= 15 is 0 Å². The van der Waals surface area contributed by atoms with Crippen molar-refractivity contribution in [1.82, 2.24) is 9.97 Å². The molecule has 0 aliphatic rings. The van der Waals surface area contributed by atoms with E-state index in [1.807, 2.05) is 51.1 Å². The molecule has 0 aliphatic heterocycles. The van der Waals surface area contributed by atoms with Crippen molar-refractivity contribution in [3.8, 4) is 0 Å². The Morgan fingerprint density at radius 1 is 1.22 bits per heavy atom. The zero-order chi connectivity index (χ0) is 16.8. The van der Waals surface area contributed by atoms with Gasteiger partial charge in [0.05, 0.1) is 0 Å². The molecule has 0 fully saturated rings. The fourth-order valence-corrected chi connectivity index (χ4v) is 2.90. The van der Waals surface area contributed by atoms with E-state index in [4.69, 9.17) is 5.73 Å². The number of amides is 1. The van der Waals surface area contributed by atoms with Crippen LogP contribution in [0.1, 0.15) is 31.2 Å². The van der Waals surface area contributed by atoms with E-state index in [1.165, 1.54) is 11.8 Å². The van der Waals surface area contributed by atoms with Crippen molar-refractivity contribution in [2.75, 3.05) is 5.32 Å². The fraction of sp³-hybridized carbons (Fsp3) is 0.353. The minimum Gasteiger partial charge on any atom is -0.328 e. The minimum atomic E-state index is -0.0136. The van der Waals surface area contributed by atoms with E-state index in [2.05, 4.69) is 15.3 Å². The van der Waals surface area contributed by atoms with Gasteiger partial charge in [-0.25, -0.2) is 9.97 Å². The SMILES string of the molecule is Cc1cc(C)nc(Sc2ccc(NC(=O)CCC(C)N)cc2)n1. The number of anilines is 1. The van der Waals surface area contributed by atoms with Gasteiger partial charge >= 0.3 is 0 Å². The average Bonchev–Trinajstić information content (AvgIpc) is 2.46. The van der Waals surface area contributed by atoms with E-state index in [9.17, 15) is 4.79 Å². The van der Waals surface area contributed by atoms with Gasteiger partial charge in [0.1, 0.15) is 0 Å². The molecular weight excluding hydrogens is 308 g/mol. The van der Waals surface area contributed by atoms with Gasteiger partial charge in [0, 0.05) is 34.4 Å². The Hall–Kier alpha value is -1.92. The molecule has 0 saturated heterocycles. The van der Waals surface area contributed by atoms with Crippen molar-refractivity contribution >= 4 is 23.4 Å². The summed E-state index contributed by atoms with van der Waals surface area (Å²) in [4.78, 5) is 21.6. The molecule has 0 bridgehead atoms. The van der Waals surface area contributed by atoms with Crippen LogP contribution in [-0.2, 0) is 4.79 Å². The van der Waals surface area contributed by atoms with Crippen LogP contribution in [0.25, 0.3) is 0 Å². The van der Waals surface area contributed by atoms with Crippen LogP contribution >= 0.6 is 11.8 Å². The van der Waals surface area contributed by atoms with Crippen LogP contribution in [0.4, 0.5) is 5.69 Å². The second-order valence-electron chi connectivity index (χ2n) is 5.62. The first-order valence-corrected chi connectivity index (χ1v) is 8.39. The van der Waals surface area contributed by atoms with Gasteiger partial charge in [0.2, 0.25) is 5.91 Å². The Morgan fingerprint density at radius 3 is 2.39 bits per heavy atom. The lowest BCUT2D eigenvalue weighted by Crippen LogP contribution is -2.19. The van der Waals surface area contributed by atoms with Gasteiger partial charge in [-0.3, -0.25) is 4.79 Å². The molecule has 122 valence electrons. The number of hydrogen-bond acceptors (Lipinski definition) is 5. The van der Waals surface area contributed by atoms with Crippen molar-refractivity contribution in [2.45, 2.75) is 49.7 Å². The van der Waals surface area contributed by atoms with Crippen molar-refractivity contribution in [3.05, 3.63) is 41.7 Å². The molecule has 5 nitrogen and oxygen atoms in total. The lowest BCUT2D eigenvalue weighted by molar-refractivity contribution is -0.116. The average molecular weight is 330 g/mol. The molecule has 0 saturated carbocycles. The fourth-order valence-electron chi connectivity index (χ4n) is 2.03. The van der Waals surface area contributed by atoms with Gasteiger partial charge in [-0.1, -0.05) is 0 Å². The number of nitrogens with two attached hydrogens (primary N) is 1. The molecule has 1 aromatic carbocycles. The third-order valence-electron chi connectivity index (χ3n) is 3.14. The van der Waals surface area contributed by atoms with Gasteiger partial charge < -0.3 is 11.1 Å². The Bertz CT molecular complexity index is 651. The standard InChI is InChI=1S/C17H22N4OS/c1-11(18)4-9-16(22)21-14-5-7-15(8-6-14)23-17-19-12(2)10-13(3)20-17/h5-8,10-11H,4,9,18H2,1-3H3,(H,21,22). The van der Waals surface area contributed by atoms with Gasteiger partial charge in [-0.2, -0.15) is 0 Å². The Balaban J connectivity index is 1.95. The summed E-state index contributed by atoms with van der Waals surface area (Å²) in [5, 5.41) is 3.60. The van der Waals surface area contributed by atoms with Gasteiger partial charge in [0.25, 0.3) is 0 Å². The van der Waals surface area contributed by atoms with E-state index < -0.39 is 0 Å². The summed E-state index contributed by atoms with van der Waals surface area (Å²) < 4.78 is 0. The topological polar surface area (TPSA) is 80.9 Å². The van der Waals surface area contributed by atoms with Gasteiger partial charge in [0.15, 0.2) is 5.16 Å². The van der Waals surface area contributed by atoms with Crippen molar-refractivity contribution in [2.24, 2.45) is 5.73 Å². The molecule has 6 heteroatoms. The summed E-state index contributed by atoms with van der Waals surface area (Å²) in [6, 6.07) is 9.66. The third kappa shape index (κ3) is 6.00. The molecule has 2 aromatic rings. The molecule has 23 heavy (non-hydrogen) atoms. The van der Waals surface area contributed by atoms with E-state index in [0.29, 0.717) is 12.8 Å². The number of aromatic nitrogens is 2. The number of aryl methyl sites for hydroxylation is 2. The summed E-state index contributed by atoms with van der Waals surface area (Å²) >= 11 is 1.51. The second-order valence-corrected chi connectivity index (χ2v) is 6.66. The quantitative estimate of drug-likeness (QED) is 0.794. The number of nitrogens with one attached hydrogen (secondary N) is 1. The number of nitrogens with zero attached hydrogens (tertiary/aromatic N) is 2. The maximum atomic E-state index is 11.8. The zero-order valence-electron chi connectivity index (χ0n) is 13.7. The van der Waals surface area contributed by atoms with Crippen LogP contribution in [0, 0.1) is 13.8 Å². The number of hydrogen-bond donors (Lipinski definition) is 2. The highest BCUT2D eigenvalue weighted by Gasteiger charge is 2.06. The van der Waals surface area contributed by atoms with Crippen LogP contribution < -0.4 is 11.1 Å². The number of carbonyl (C=O) groups excluding carboxylic acids is 1. The van der Waals surface area contributed by atoms with Crippen LogP contribution in [0.2, 0.25) is 0 Å².